The van der Waals surface area contributed by atoms with Crippen LogP contribution >= 0.6 is 7.82 Å². The van der Waals surface area contributed by atoms with Gasteiger partial charge >= 0.3 is 19.8 Å². The van der Waals surface area contributed by atoms with Crippen LogP contribution in [0.2, 0.25) is 0 Å². The Kier molecular flexibility index (Phi) is 23.0. The summed E-state index contributed by atoms with van der Waals surface area (Å²) in [6, 6.07) is 0. The molecule has 0 amide bonds. The van der Waals surface area contributed by atoms with E-state index >= 15 is 0 Å². The van der Waals surface area contributed by atoms with Gasteiger partial charge in [-0.05, 0) is 38.5 Å². The molecule has 0 spiro atoms. The Labute approximate surface area is 223 Å². The van der Waals surface area contributed by atoms with Crippen LogP contribution in [0, 0.1) is 0 Å². The molecule has 0 saturated carbocycles. The molecule has 212 valence electrons. The molecule has 0 aromatic heterocycles. The first-order valence-electron chi connectivity index (χ1n) is 13.4. The lowest BCUT2D eigenvalue weighted by Crippen LogP contribution is -2.29. The van der Waals surface area contributed by atoms with Gasteiger partial charge in [0.2, 0.25) is 0 Å². The number of allylic oxidation sites excluding steroid dienone is 8. The third-order valence-electron chi connectivity index (χ3n) is 5.13. The van der Waals surface area contributed by atoms with Gasteiger partial charge in [-0.2, -0.15) is 0 Å². The molecule has 9 heteroatoms. The molecule has 0 aromatic carbocycles. The zero-order valence-corrected chi connectivity index (χ0v) is 23.5. The fourth-order valence-electron chi connectivity index (χ4n) is 3.15. The molecule has 37 heavy (non-hydrogen) atoms. The molecule has 0 aliphatic rings. The molecule has 0 aliphatic carbocycles. The summed E-state index contributed by atoms with van der Waals surface area (Å²) in [6.07, 6.45) is 26.0. The molecule has 0 heterocycles. The molecular formula is C28H47O8P. The average molecular weight is 543 g/mol. The van der Waals surface area contributed by atoms with Gasteiger partial charge in [-0.1, -0.05) is 94.6 Å². The van der Waals surface area contributed by atoms with E-state index in [-0.39, 0.29) is 19.4 Å². The van der Waals surface area contributed by atoms with Gasteiger partial charge in [-0.3, -0.25) is 14.1 Å². The smallest absolute Gasteiger partial charge is 0.462 e. The second-order valence-corrected chi connectivity index (χ2v) is 9.88. The van der Waals surface area contributed by atoms with E-state index in [1.54, 1.807) is 0 Å². The van der Waals surface area contributed by atoms with Crippen molar-refractivity contribution >= 4 is 19.8 Å². The van der Waals surface area contributed by atoms with Gasteiger partial charge in [0.1, 0.15) is 6.61 Å². The van der Waals surface area contributed by atoms with Gasteiger partial charge in [0.15, 0.2) is 6.10 Å². The number of carbonyl (C=O) groups is 2. The first-order chi connectivity index (χ1) is 17.8. The minimum atomic E-state index is -4.75. The average Bonchev–Trinajstić information content (AvgIpc) is 2.85. The lowest BCUT2D eigenvalue weighted by molar-refractivity contribution is -0.161. The van der Waals surface area contributed by atoms with Gasteiger partial charge < -0.3 is 19.3 Å². The van der Waals surface area contributed by atoms with Crippen molar-refractivity contribution < 1.29 is 37.9 Å². The highest BCUT2D eigenvalue weighted by Gasteiger charge is 2.22. The van der Waals surface area contributed by atoms with Crippen LogP contribution in [-0.2, 0) is 28.2 Å². The molecule has 0 radical (unpaired) electrons. The Morgan fingerprint density at radius 1 is 0.730 bits per heavy atom. The van der Waals surface area contributed by atoms with Gasteiger partial charge in [0, 0.05) is 12.8 Å². The van der Waals surface area contributed by atoms with E-state index in [4.69, 9.17) is 19.3 Å². The summed E-state index contributed by atoms with van der Waals surface area (Å²) in [7, 11) is -4.75. The lowest BCUT2D eigenvalue weighted by Gasteiger charge is -2.18. The van der Waals surface area contributed by atoms with Crippen molar-refractivity contribution in [1.82, 2.24) is 0 Å². The third-order valence-corrected chi connectivity index (χ3v) is 5.61. The fraction of sp³-hybridized carbons (Fsp3) is 0.643. The number of rotatable bonds is 23. The van der Waals surface area contributed by atoms with E-state index in [1.165, 1.54) is 6.42 Å². The highest BCUT2D eigenvalue weighted by molar-refractivity contribution is 7.46. The van der Waals surface area contributed by atoms with Crippen molar-refractivity contribution in [2.45, 2.75) is 103 Å². The predicted molar refractivity (Wildman–Crippen MR) is 147 cm³/mol. The first kappa shape index (κ1) is 35.0. The summed E-state index contributed by atoms with van der Waals surface area (Å²) in [6.45, 7) is 3.37. The van der Waals surface area contributed by atoms with Gasteiger partial charge in [-0.25, -0.2) is 4.57 Å². The maximum atomic E-state index is 12.1. The molecule has 8 nitrogen and oxygen atoms in total. The normalized spacial score (nSPS) is 13.3. The Morgan fingerprint density at radius 2 is 1.30 bits per heavy atom. The fourth-order valence-corrected chi connectivity index (χ4v) is 3.51. The van der Waals surface area contributed by atoms with Crippen LogP contribution in [0.3, 0.4) is 0 Å². The number of carbonyl (C=O) groups excluding carboxylic acids is 2. The Bertz CT molecular complexity index is 751. The minimum absolute atomic E-state index is 0.0896. The van der Waals surface area contributed by atoms with Gasteiger partial charge in [0.05, 0.1) is 6.61 Å². The minimum Gasteiger partial charge on any atom is -0.462 e. The zero-order chi connectivity index (χ0) is 27.6. The Morgan fingerprint density at radius 3 is 1.89 bits per heavy atom. The predicted octanol–water partition coefficient (Wildman–Crippen LogP) is 6.89. The summed E-state index contributed by atoms with van der Waals surface area (Å²) in [5.74, 6) is -0.999. The molecule has 1 atom stereocenters. The summed E-state index contributed by atoms with van der Waals surface area (Å²) in [5, 5.41) is 0. The SMILES string of the molecule is CC/C=C\C/C=C\C/C=C\C/C=C\CCC(=O)OC(COC(=O)CCCCCCCC)COP(=O)(O)O. The molecule has 1 unspecified atom stereocenters. The molecule has 0 bridgehead atoms. The molecule has 0 fully saturated rings. The molecular weight excluding hydrogens is 495 g/mol. The van der Waals surface area contributed by atoms with Crippen molar-refractivity contribution in [2.24, 2.45) is 0 Å². The van der Waals surface area contributed by atoms with Crippen molar-refractivity contribution in [3.8, 4) is 0 Å². The van der Waals surface area contributed by atoms with E-state index in [9.17, 15) is 14.2 Å². The van der Waals surface area contributed by atoms with Gasteiger partial charge in [0.25, 0.3) is 0 Å². The van der Waals surface area contributed by atoms with E-state index in [2.05, 4.69) is 54.8 Å². The number of hydrogen-bond donors (Lipinski definition) is 2. The molecule has 0 saturated heterocycles. The molecule has 2 N–H and O–H groups in total. The monoisotopic (exact) mass is 542 g/mol. The Balaban J connectivity index is 4.27. The van der Waals surface area contributed by atoms with Crippen molar-refractivity contribution in [3.05, 3.63) is 48.6 Å². The van der Waals surface area contributed by atoms with Crippen molar-refractivity contribution in [2.75, 3.05) is 13.2 Å². The topological polar surface area (TPSA) is 119 Å². The second-order valence-electron chi connectivity index (χ2n) is 8.64. The summed E-state index contributed by atoms with van der Waals surface area (Å²) in [5.41, 5.74) is 0. The van der Waals surface area contributed by atoms with Crippen LogP contribution in [0.4, 0.5) is 0 Å². The number of hydrogen-bond acceptors (Lipinski definition) is 6. The number of phosphoric acid groups is 1. The maximum absolute atomic E-state index is 12.1. The highest BCUT2D eigenvalue weighted by Crippen LogP contribution is 2.35. The van der Waals surface area contributed by atoms with E-state index in [0.29, 0.717) is 12.8 Å². The number of unbranched alkanes of at least 4 members (excludes halogenated alkanes) is 5. The van der Waals surface area contributed by atoms with Crippen LogP contribution in [0.15, 0.2) is 48.6 Å². The molecule has 0 rings (SSSR count). The second kappa shape index (κ2) is 24.4. The van der Waals surface area contributed by atoms with Gasteiger partial charge in [-0.15, -0.1) is 0 Å². The first-order valence-corrected chi connectivity index (χ1v) is 15.0. The molecule has 0 aromatic rings. The van der Waals surface area contributed by atoms with Crippen LogP contribution in [0.5, 0.6) is 0 Å². The lowest BCUT2D eigenvalue weighted by atomic mass is 10.1. The number of phosphoric ester groups is 1. The number of esters is 2. The maximum Gasteiger partial charge on any atom is 0.469 e. The van der Waals surface area contributed by atoms with E-state index < -0.39 is 32.5 Å². The number of ether oxygens (including phenoxy) is 2. The molecule has 0 aliphatic heterocycles. The van der Waals surface area contributed by atoms with Crippen molar-refractivity contribution in [1.29, 1.82) is 0 Å². The van der Waals surface area contributed by atoms with Crippen LogP contribution < -0.4 is 0 Å². The quantitative estimate of drug-likeness (QED) is 0.0620. The summed E-state index contributed by atoms with van der Waals surface area (Å²) >= 11 is 0. The van der Waals surface area contributed by atoms with Crippen LogP contribution in [-0.4, -0.2) is 41.0 Å². The highest BCUT2D eigenvalue weighted by atomic mass is 31.2. The zero-order valence-electron chi connectivity index (χ0n) is 22.6. The summed E-state index contributed by atoms with van der Waals surface area (Å²) in [4.78, 5) is 42.0. The van der Waals surface area contributed by atoms with Crippen LogP contribution in [0.25, 0.3) is 0 Å². The third kappa shape index (κ3) is 26.9. The van der Waals surface area contributed by atoms with Crippen molar-refractivity contribution in [3.63, 3.8) is 0 Å². The van der Waals surface area contributed by atoms with Crippen LogP contribution in [0.1, 0.15) is 97.3 Å². The Hall–Kier alpha value is -1.99. The largest absolute Gasteiger partial charge is 0.469 e. The summed E-state index contributed by atoms with van der Waals surface area (Å²) < 4.78 is 25.8. The van der Waals surface area contributed by atoms with E-state index in [0.717, 1.165) is 51.4 Å². The van der Waals surface area contributed by atoms with E-state index in [1.807, 2.05) is 12.2 Å². The standard InChI is InChI=1S/C28H47O8P/c1-3-5-7-9-11-12-13-14-15-16-17-19-21-23-28(30)36-26(25-35-37(31,32)33)24-34-27(29)22-20-18-10-8-6-4-2/h5,7,11-12,14-15,17,19,26H,3-4,6,8-10,13,16,18,20-25H2,1-2H3,(H2,31,32,33)/b7-5-,12-11-,15-14-,19-17-.